The van der Waals surface area contributed by atoms with E-state index in [0.29, 0.717) is 316 Å². The highest BCUT2D eigenvalue weighted by atomic mass is 35.5. The number of likely N-dealkylation sites (N-methyl/N-ethyl adjacent to an activating group) is 1. The number of hydrogen-bond donors (Lipinski definition) is 2. The first-order chi connectivity index (χ1) is 55.2. The quantitative estimate of drug-likeness (QED) is 0.0150. The predicted molar refractivity (Wildman–Crippen MR) is 421 cm³/mol. The molecule has 7 heterocycles. The van der Waals surface area contributed by atoms with Gasteiger partial charge in [0, 0.05) is 77.3 Å². The molecule has 112 heavy (non-hydrogen) atoms. The predicted octanol–water partition coefficient (Wildman–Crippen LogP) is 5.75. The number of benzene rings is 1. The molecule has 6 aromatic heterocycles. The van der Waals surface area contributed by atoms with Crippen LogP contribution in [0.1, 0.15) is 11.4 Å². The Morgan fingerprint density at radius 1 is 0.455 bits per heavy atom. The largest absolute Gasteiger partial charge is 0.490 e. The molecule has 0 fully saturated rings. The number of hydrazone groups is 2. The molecule has 1 amide bonds. The number of rotatable bonds is 62. The van der Waals surface area contributed by atoms with Gasteiger partial charge >= 0.3 is 0 Å². The number of aromatic nitrogens is 7. The van der Waals surface area contributed by atoms with Crippen LogP contribution in [-0.2, 0) is 87.6 Å². The van der Waals surface area contributed by atoms with Crippen molar-refractivity contribution in [3.63, 3.8) is 0 Å². The van der Waals surface area contributed by atoms with Gasteiger partial charge in [0.15, 0.2) is 11.7 Å². The molecular weight excluding hydrogens is 1500 g/mol. The lowest BCUT2D eigenvalue weighted by atomic mass is 10.1. The Kier molecular flexibility index (Phi) is 46.8. The number of carbonyl (C=O) groups is 1. The maximum absolute atomic E-state index is 13.1. The fourth-order valence-electron chi connectivity index (χ4n) is 9.83. The summed E-state index contributed by atoms with van der Waals surface area (Å²) in [7, 11) is 6.63. The molecule has 34 nitrogen and oxygen atoms in total. The molecule has 0 aliphatic carbocycles. The minimum absolute atomic E-state index is 0.172. The molecule has 0 radical (unpaired) electrons. The fourth-order valence-corrected chi connectivity index (χ4v) is 10.2. The summed E-state index contributed by atoms with van der Waals surface area (Å²) in [6.07, 6.45) is 9.13. The molecule has 0 atom stereocenters. The second-order valence-corrected chi connectivity index (χ2v) is 24.2. The number of methoxy groups -OCH3 is 2. The number of anilines is 2. The molecule has 1 aromatic carbocycles. The van der Waals surface area contributed by atoms with E-state index in [4.69, 9.17) is 113 Å². The zero-order valence-electron chi connectivity index (χ0n) is 64.2. The third-order valence-corrected chi connectivity index (χ3v) is 15.9. The number of nitrogens with one attached hydrogen (secondary N) is 2. The monoisotopic (exact) mass is 1610 g/mol. The molecule has 1 aliphatic heterocycles. The van der Waals surface area contributed by atoms with Gasteiger partial charge in [-0.15, -0.1) is 33.4 Å². The number of hydrogen-bond acceptors (Lipinski definition) is 32. The number of halogens is 2. The average Bonchev–Trinajstić information content (AvgIpc) is 0.759. The lowest BCUT2D eigenvalue weighted by Gasteiger charge is -2.22. The van der Waals surface area contributed by atoms with E-state index in [1.807, 2.05) is 30.3 Å². The van der Waals surface area contributed by atoms with Crippen molar-refractivity contribution < 1.29 is 94.8 Å². The molecule has 7 aromatic rings. The highest BCUT2D eigenvalue weighted by Crippen LogP contribution is 2.25. The van der Waals surface area contributed by atoms with Gasteiger partial charge in [0.05, 0.1) is 239 Å². The SMILES string of the molecule is COCCOCCOCCOCCOCCOCCOCCOCCOc1ccc(-c2cc3c(=O)n(C)c4cccnc4c3nn2)nc1.COCCOCCOCCOCCOCCOCCOCCOCCOc1ccc(C2=NNC(c3ncccc3N(C)C(=O)/C=C/Oc3ccc(N(CCCl)CCCl)cc3)=NN2)nc1. The van der Waals surface area contributed by atoms with Crippen LogP contribution < -0.4 is 40.4 Å². The van der Waals surface area contributed by atoms with Gasteiger partial charge in [0.25, 0.3) is 11.5 Å². The van der Waals surface area contributed by atoms with Crippen molar-refractivity contribution in [1.82, 2.24) is 45.6 Å². The lowest BCUT2D eigenvalue weighted by Crippen LogP contribution is -2.37. The van der Waals surface area contributed by atoms with Crippen molar-refractivity contribution in [2.75, 3.05) is 267 Å². The molecule has 8 rings (SSSR count). The van der Waals surface area contributed by atoms with Crippen LogP contribution in [0, 0.1) is 0 Å². The number of amides is 1. The molecule has 0 saturated carbocycles. The Morgan fingerprint density at radius 2 is 0.866 bits per heavy atom. The van der Waals surface area contributed by atoms with Crippen LogP contribution in [0.5, 0.6) is 17.2 Å². The van der Waals surface area contributed by atoms with Gasteiger partial charge in [-0.25, -0.2) is 4.98 Å². The van der Waals surface area contributed by atoms with Gasteiger partial charge in [0.1, 0.15) is 58.6 Å². The summed E-state index contributed by atoms with van der Waals surface area (Å²) in [6, 6.07) is 23.3. The number of carbonyl (C=O) groups excluding carboxylic acids is 1. The zero-order valence-corrected chi connectivity index (χ0v) is 65.7. The maximum atomic E-state index is 13.1. The van der Waals surface area contributed by atoms with E-state index >= 15 is 0 Å². The minimum Gasteiger partial charge on any atom is -0.490 e. The Balaban J connectivity index is 0.000000323. The van der Waals surface area contributed by atoms with E-state index in [0.717, 1.165) is 5.69 Å². The number of amidine groups is 2. The summed E-state index contributed by atoms with van der Waals surface area (Å²) in [5, 5.41) is 17.8. The summed E-state index contributed by atoms with van der Waals surface area (Å²) in [4.78, 5) is 47.3. The van der Waals surface area contributed by atoms with E-state index < -0.39 is 0 Å². The van der Waals surface area contributed by atoms with E-state index in [9.17, 15) is 9.59 Å². The van der Waals surface area contributed by atoms with E-state index in [-0.39, 0.29) is 11.5 Å². The number of ether oxygens (including phenoxy) is 19. The van der Waals surface area contributed by atoms with Crippen LogP contribution in [0.2, 0.25) is 0 Å². The zero-order chi connectivity index (χ0) is 78.9. The third-order valence-electron chi connectivity index (χ3n) is 15.6. The van der Waals surface area contributed by atoms with Crippen LogP contribution in [0.4, 0.5) is 11.4 Å². The first-order valence-electron chi connectivity index (χ1n) is 36.8. The topological polar surface area (TPSA) is 347 Å². The Bertz CT molecular complexity index is 3840. The number of nitrogens with zero attached hydrogens (tertiary/aromatic N) is 11. The molecule has 36 heteroatoms. The van der Waals surface area contributed by atoms with Gasteiger partial charge in [-0.3, -0.25) is 35.4 Å². The Morgan fingerprint density at radius 3 is 1.29 bits per heavy atom. The third kappa shape index (κ3) is 35.4. The van der Waals surface area contributed by atoms with Crippen molar-refractivity contribution in [2.24, 2.45) is 17.3 Å². The molecule has 2 N–H and O–H groups in total. The maximum Gasteiger partial charge on any atom is 0.260 e. The average molecular weight is 1610 g/mol. The molecule has 0 saturated heterocycles. The van der Waals surface area contributed by atoms with Crippen LogP contribution in [0.25, 0.3) is 33.3 Å². The summed E-state index contributed by atoms with van der Waals surface area (Å²) in [6.45, 7) is 17.0. The highest BCUT2D eigenvalue weighted by molar-refractivity contribution is 6.18. The molecule has 0 unspecified atom stereocenters. The van der Waals surface area contributed by atoms with E-state index in [1.54, 1.807) is 106 Å². The van der Waals surface area contributed by atoms with Gasteiger partial charge in [-0.2, -0.15) is 10.2 Å². The molecule has 0 spiro atoms. The second-order valence-electron chi connectivity index (χ2n) is 23.4. The summed E-state index contributed by atoms with van der Waals surface area (Å²) in [5.74, 6) is 3.06. The molecular formula is C76H105Cl2N13O21. The van der Waals surface area contributed by atoms with Gasteiger partial charge in [-0.1, -0.05) is 0 Å². The van der Waals surface area contributed by atoms with Crippen molar-refractivity contribution >= 4 is 74.1 Å². The van der Waals surface area contributed by atoms with E-state index in [1.165, 1.54) is 17.2 Å². The van der Waals surface area contributed by atoms with Gasteiger partial charge in [0.2, 0.25) is 0 Å². The summed E-state index contributed by atoms with van der Waals surface area (Å²) >= 11 is 11.9. The Hall–Kier alpha value is -8.34. The van der Waals surface area contributed by atoms with Crippen molar-refractivity contribution in [1.29, 1.82) is 0 Å². The number of fused-ring (bicyclic) bond motifs is 3. The molecule has 1 aliphatic rings. The van der Waals surface area contributed by atoms with Gasteiger partial charge < -0.3 is 104 Å². The standard InChI is InChI=1S/C43H60Cl2N8O11.C33H45N5O10/c1-52(40(54)11-17-63-36-7-5-35(6-8-36)53(15-12-44)16-13-45)39-4-3-14-46-41(39)43-50-48-42(49-51-43)38-10-9-37(34-47-38)64-33-32-62-31-30-61-29-28-60-27-26-59-25-24-58-23-22-57-21-20-56-19-18-55-2;1-38-30-4-3-7-34-32(30)31-27(33(38)39)24-29(36-37-31)28-6-5-26(25-35-28)48-23-22-47-21-20-46-19-18-45-17-16-44-15-14-43-13-12-42-11-10-41-9-8-40-2/h3-11,14,17,34H,12-13,15-16,18-33H2,1-2H3,(H,48,49)(H,50,51);3-7,24-25H,8-23H2,1-2H3/b17-11+;. The lowest BCUT2D eigenvalue weighted by molar-refractivity contribution is -0.114. The minimum atomic E-state index is -0.341. The first-order valence-corrected chi connectivity index (χ1v) is 37.9. The van der Waals surface area contributed by atoms with Crippen molar-refractivity contribution in [3.05, 3.63) is 138 Å². The Labute approximate surface area is 662 Å². The fraction of sp³-hybridized carbons (Fsp3) is 0.526. The number of aryl methyl sites for hydroxylation is 1. The van der Waals surface area contributed by atoms with Gasteiger partial charge in [-0.05, 0) is 78.9 Å². The smallest absolute Gasteiger partial charge is 0.260 e. The van der Waals surface area contributed by atoms with Crippen molar-refractivity contribution in [2.45, 2.75) is 0 Å². The second kappa shape index (κ2) is 57.6. The summed E-state index contributed by atoms with van der Waals surface area (Å²) in [5.41, 5.74) is 10.9. The van der Waals surface area contributed by atoms with Crippen LogP contribution >= 0.6 is 23.2 Å². The number of alkyl halides is 2. The van der Waals surface area contributed by atoms with Crippen LogP contribution in [-0.4, -0.2) is 310 Å². The molecule has 614 valence electrons. The highest BCUT2D eigenvalue weighted by Gasteiger charge is 2.22. The normalized spacial score (nSPS) is 12.0. The van der Waals surface area contributed by atoms with Crippen LogP contribution in [0.3, 0.4) is 0 Å². The first kappa shape index (κ1) is 90.8. The summed E-state index contributed by atoms with van der Waals surface area (Å²) < 4.78 is 105. The molecule has 0 bridgehead atoms. The number of pyridine rings is 5. The van der Waals surface area contributed by atoms with Crippen molar-refractivity contribution in [3.8, 4) is 28.6 Å². The van der Waals surface area contributed by atoms with E-state index in [2.05, 4.69) is 56.1 Å². The van der Waals surface area contributed by atoms with Crippen LogP contribution in [0.15, 0.2) is 131 Å².